The highest BCUT2D eigenvalue weighted by molar-refractivity contribution is 5.88. The number of carbonyl (C=O) groups excluding carboxylic acids is 3. The first-order valence-electron chi connectivity index (χ1n) is 12.2. The molecule has 0 atom stereocenters. The predicted octanol–water partition coefficient (Wildman–Crippen LogP) is 3.43. The third-order valence-corrected chi connectivity index (χ3v) is 5.46. The van der Waals surface area contributed by atoms with Gasteiger partial charge in [0, 0.05) is 52.0 Å². The Morgan fingerprint density at radius 2 is 0.714 bits per heavy atom. The monoisotopic (exact) mass is 555 g/mol. The Morgan fingerprint density at radius 1 is 0.452 bits per heavy atom. The molecule has 0 aliphatic heterocycles. The summed E-state index contributed by atoms with van der Waals surface area (Å²) in [5.41, 5.74) is 4.26. The third kappa shape index (κ3) is 7.66. The molecule has 0 amide bonds. The maximum atomic E-state index is 11.6. The lowest BCUT2D eigenvalue weighted by Crippen LogP contribution is -2.03. The van der Waals surface area contributed by atoms with Gasteiger partial charge in [0.05, 0.1) is 21.3 Å². The Kier molecular flexibility index (Phi) is 9.39. The molecule has 0 N–H and O–H groups in total. The van der Waals surface area contributed by atoms with Crippen molar-refractivity contribution in [3.63, 3.8) is 0 Å². The van der Waals surface area contributed by atoms with Gasteiger partial charge in [-0.25, -0.2) is 29.3 Å². The number of benzene rings is 1. The summed E-state index contributed by atoms with van der Waals surface area (Å²) in [5, 5.41) is 0. The molecular formula is C33H21N3O6. The van der Waals surface area contributed by atoms with Crippen LogP contribution in [0, 0.1) is 35.5 Å². The van der Waals surface area contributed by atoms with Gasteiger partial charge in [-0.2, -0.15) is 0 Å². The molecule has 0 aliphatic carbocycles. The molecule has 42 heavy (non-hydrogen) atoms. The minimum absolute atomic E-state index is 0.182. The van der Waals surface area contributed by atoms with E-state index < -0.39 is 17.9 Å². The first-order valence-corrected chi connectivity index (χ1v) is 12.2. The van der Waals surface area contributed by atoms with Crippen molar-refractivity contribution in [1.82, 2.24) is 15.0 Å². The van der Waals surface area contributed by atoms with Crippen LogP contribution >= 0.6 is 0 Å². The lowest BCUT2D eigenvalue weighted by Gasteiger charge is -1.99. The molecule has 0 saturated heterocycles. The van der Waals surface area contributed by atoms with Crippen LogP contribution in [0.1, 0.15) is 64.8 Å². The van der Waals surface area contributed by atoms with Gasteiger partial charge >= 0.3 is 17.9 Å². The largest absolute Gasteiger partial charge is 0.464 e. The molecule has 9 nitrogen and oxygen atoms in total. The summed E-state index contributed by atoms with van der Waals surface area (Å²) in [6.45, 7) is 0. The fourth-order valence-corrected chi connectivity index (χ4v) is 3.36. The van der Waals surface area contributed by atoms with Crippen molar-refractivity contribution in [2.45, 2.75) is 0 Å². The lowest BCUT2D eigenvalue weighted by molar-refractivity contribution is 0.0585. The highest BCUT2D eigenvalue weighted by Gasteiger charge is 2.07. The average molecular weight is 556 g/mol. The molecule has 0 radical (unpaired) electrons. The van der Waals surface area contributed by atoms with Gasteiger partial charge in [-0.1, -0.05) is 35.5 Å². The van der Waals surface area contributed by atoms with Crippen molar-refractivity contribution in [1.29, 1.82) is 0 Å². The van der Waals surface area contributed by atoms with Crippen LogP contribution in [0.5, 0.6) is 0 Å². The summed E-state index contributed by atoms with van der Waals surface area (Å²) in [5.74, 6) is 16.7. The highest BCUT2D eigenvalue weighted by Crippen LogP contribution is 2.11. The van der Waals surface area contributed by atoms with E-state index in [1.165, 1.54) is 58.1 Å². The molecule has 3 aromatic heterocycles. The Labute approximate surface area is 241 Å². The number of pyridine rings is 3. The fourth-order valence-electron chi connectivity index (χ4n) is 3.36. The summed E-state index contributed by atoms with van der Waals surface area (Å²) in [6, 6.07) is 15.1. The second kappa shape index (κ2) is 13.7. The summed E-state index contributed by atoms with van der Waals surface area (Å²) in [6.07, 6.45) is 4.46. The van der Waals surface area contributed by atoms with Crippen LogP contribution < -0.4 is 0 Å². The van der Waals surface area contributed by atoms with E-state index in [0.29, 0.717) is 33.4 Å². The maximum Gasteiger partial charge on any atom is 0.356 e. The zero-order chi connectivity index (χ0) is 29.9. The van der Waals surface area contributed by atoms with Crippen molar-refractivity contribution < 1.29 is 28.6 Å². The minimum Gasteiger partial charge on any atom is -0.464 e. The molecule has 4 aromatic rings. The summed E-state index contributed by atoms with van der Waals surface area (Å²) < 4.78 is 14.0. The van der Waals surface area contributed by atoms with Gasteiger partial charge in [0.15, 0.2) is 0 Å². The number of hydrogen-bond donors (Lipinski definition) is 0. The number of carbonyl (C=O) groups is 3. The van der Waals surface area contributed by atoms with E-state index in [1.807, 2.05) is 18.2 Å². The summed E-state index contributed by atoms with van der Waals surface area (Å²) in [7, 11) is 3.86. The molecule has 0 fully saturated rings. The normalized spacial score (nSPS) is 9.50. The van der Waals surface area contributed by atoms with E-state index in [1.54, 1.807) is 18.2 Å². The Bertz CT molecular complexity index is 1600. The quantitative estimate of drug-likeness (QED) is 0.213. The van der Waals surface area contributed by atoms with Crippen molar-refractivity contribution in [3.8, 4) is 35.5 Å². The van der Waals surface area contributed by atoms with Crippen LogP contribution in [0.3, 0.4) is 0 Å². The van der Waals surface area contributed by atoms with Gasteiger partial charge in [0.2, 0.25) is 0 Å². The smallest absolute Gasteiger partial charge is 0.356 e. The van der Waals surface area contributed by atoms with E-state index in [9.17, 15) is 14.4 Å². The number of methoxy groups -OCH3 is 3. The molecule has 204 valence electrons. The topological polar surface area (TPSA) is 118 Å². The van der Waals surface area contributed by atoms with Gasteiger partial charge < -0.3 is 14.2 Å². The van der Waals surface area contributed by atoms with E-state index in [0.717, 1.165) is 0 Å². The molecule has 1 aromatic carbocycles. The molecule has 0 bridgehead atoms. The van der Waals surface area contributed by atoms with Crippen LogP contribution in [0.25, 0.3) is 0 Å². The Morgan fingerprint density at radius 3 is 0.929 bits per heavy atom. The Balaban J connectivity index is 1.66. The average Bonchev–Trinajstić information content (AvgIpc) is 3.05. The third-order valence-electron chi connectivity index (χ3n) is 5.46. The zero-order valence-corrected chi connectivity index (χ0v) is 22.7. The number of aromatic nitrogens is 3. The predicted molar refractivity (Wildman–Crippen MR) is 151 cm³/mol. The second-order valence-electron chi connectivity index (χ2n) is 8.32. The summed E-state index contributed by atoms with van der Waals surface area (Å²) >= 11 is 0. The molecule has 9 heteroatoms. The first-order chi connectivity index (χ1) is 20.4. The van der Waals surface area contributed by atoms with Crippen LogP contribution in [0.4, 0.5) is 0 Å². The van der Waals surface area contributed by atoms with E-state index in [2.05, 4.69) is 64.7 Å². The first kappa shape index (κ1) is 28.8. The van der Waals surface area contributed by atoms with Crippen molar-refractivity contribution >= 4 is 17.9 Å². The highest BCUT2D eigenvalue weighted by atomic mass is 16.5. The number of rotatable bonds is 3. The van der Waals surface area contributed by atoms with Crippen molar-refractivity contribution in [3.05, 3.63) is 124 Å². The molecule has 0 aliphatic rings. The molecule has 0 unspecified atom stereocenters. The standard InChI is InChI=1S/C33H21N3O6/c1-40-31(37)28-13-10-22(19-34-28)4-7-25-16-26(8-5-23-11-14-29(35-20-23)32(38)41-2)18-27(17-25)9-6-24-12-15-30(36-21-24)33(39)42-3/h10-21H,1-3H3. The van der Waals surface area contributed by atoms with Crippen LogP contribution in [0.2, 0.25) is 0 Å². The van der Waals surface area contributed by atoms with Crippen molar-refractivity contribution in [2.24, 2.45) is 0 Å². The second-order valence-corrected chi connectivity index (χ2v) is 8.32. The maximum absolute atomic E-state index is 11.6. The van der Waals surface area contributed by atoms with E-state index >= 15 is 0 Å². The molecule has 0 saturated carbocycles. The summed E-state index contributed by atoms with van der Waals surface area (Å²) in [4.78, 5) is 47.1. The molecule has 0 spiro atoms. The number of esters is 3. The van der Waals surface area contributed by atoms with Crippen LogP contribution in [-0.2, 0) is 14.2 Å². The fraction of sp³-hybridized carbons (Fsp3) is 0.0909. The van der Waals surface area contributed by atoms with E-state index in [-0.39, 0.29) is 17.1 Å². The number of nitrogens with zero attached hydrogens (tertiary/aromatic N) is 3. The van der Waals surface area contributed by atoms with Gasteiger partial charge in [-0.15, -0.1) is 0 Å². The lowest BCUT2D eigenvalue weighted by atomic mass is 10.0. The Hall–Kier alpha value is -6.24. The minimum atomic E-state index is -0.533. The number of ether oxygens (including phenoxy) is 3. The SMILES string of the molecule is COC(=O)c1ccc(C#Cc2cc(C#Cc3ccc(C(=O)OC)nc3)cc(C#Cc3ccc(C(=O)OC)nc3)c2)cn1. The zero-order valence-electron chi connectivity index (χ0n) is 22.7. The molecule has 3 heterocycles. The number of hydrogen-bond acceptors (Lipinski definition) is 9. The van der Waals surface area contributed by atoms with Crippen LogP contribution in [-0.4, -0.2) is 54.2 Å². The van der Waals surface area contributed by atoms with Gasteiger partial charge in [0.25, 0.3) is 0 Å². The molecular weight excluding hydrogens is 534 g/mol. The van der Waals surface area contributed by atoms with Gasteiger partial charge in [-0.05, 0) is 54.6 Å². The van der Waals surface area contributed by atoms with E-state index in [4.69, 9.17) is 0 Å². The van der Waals surface area contributed by atoms with Crippen molar-refractivity contribution in [2.75, 3.05) is 21.3 Å². The van der Waals surface area contributed by atoms with Gasteiger partial charge in [-0.3, -0.25) is 0 Å². The molecule has 4 rings (SSSR count). The van der Waals surface area contributed by atoms with Gasteiger partial charge in [0.1, 0.15) is 17.1 Å². The van der Waals surface area contributed by atoms with Crippen LogP contribution in [0.15, 0.2) is 73.2 Å².